The molecule has 2 aliphatic rings. The van der Waals surface area contributed by atoms with Gasteiger partial charge in [-0.2, -0.15) is 0 Å². The first kappa shape index (κ1) is 44.5. The van der Waals surface area contributed by atoms with Gasteiger partial charge < -0.3 is 45.1 Å². The summed E-state index contributed by atoms with van der Waals surface area (Å²) in [6.07, 6.45) is -0.398. The number of carbonyl (C=O) groups is 7. The summed E-state index contributed by atoms with van der Waals surface area (Å²) < 4.78 is 22.7. The van der Waals surface area contributed by atoms with Crippen LogP contribution in [0.15, 0.2) is 30.4 Å². The molecule has 3 unspecified atom stereocenters. The molecule has 3 atom stereocenters. The Hall–Kier alpha value is -4.87. The number of carbonyl (C=O) groups excluding carboxylic acids is 6. The third-order valence-corrected chi connectivity index (χ3v) is 8.96. The predicted molar refractivity (Wildman–Crippen MR) is 196 cm³/mol. The van der Waals surface area contributed by atoms with E-state index >= 15 is 0 Å². The minimum Gasteiger partial charge on any atom is -0.479 e. The van der Waals surface area contributed by atoms with Crippen molar-refractivity contribution < 1.29 is 62.7 Å². The number of rotatable bonds is 21. The third-order valence-electron chi connectivity index (χ3n) is 8.96. The number of anilines is 1. The number of benzene rings is 1. The fourth-order valence-electron chi connectivity index (χ4n) is 5.39. The fraction of sp³-hybridized carbons (Fsp3) is 0.605. The summed E-state index contributed by atoms with van der Waals surface area (Å²) in [5, 5.41) is 27.8. The number of hydrogen-bond donors (Lipinski definition) is 5. The van der Waals surface area contributed by atoms with Crippen LogP contribution in [0.4, 0.5) is 5.69 Å². The SMILES string of the molecule is CC(C)C(=O)OCc1ccc(OC2CC(O)CC(C(=O)O)O2)c(NC(=O)CCNC(=O)C(C)(C)CCOC(C)(C)CCNC(=O)CCN2C(=O)C=CC2=O)c1. The van der Waals surface area contributed by atoms with Gasteiger partial charge in [0, 0.05) is 69.5 Å². The van der Waals surface area contributed by atoms with Crippen molar-refractivity contribution in [3.8, 4) is 5.75 Å². The Kier molecular flexibility index (Phi) is 16.3. The van der Waals surface area contributed by atoms with Gasteiger partial charge in [-0.1, -0.05) is 33.8 Å². The molecule has 5 N–H and O–H groups in total. The molecule has 0 aromatic heterocycles. The number of carboxylic acids is 1. The van der Waals surface area contributed by atoms with E-state index in [1.54, 1.807) is 39.8 Å². The van der Waals surface area contributed by atoms with E-state index in [-0.39, 0.29) is 81.2 Å². The summed E-state index contributed by atoms with van der Waals surface area (Å²) >= 11 is 0. The zero-order valence-electron chi connectivity index (χ0n) is 32.3. The quantitative estimate of drug-likeness (QED) is 0.0891. The van der Waals surface area contributed by atoms with Gasteiger partial charge in [0.25, 0.3) is 11.8 Å². The van der Waals surface area contributed by atoms with Crippen LogP contribution in [-0.2, 0) is 54.4 Å². The van der Waals surface area contributed by atoms with E-state index in [2.05, 4.69) is 16.0 Å². The molecule has 1 aromatic carbocycles. The van der Waals surface area contributed by atoms with Gasteiger partial charge in [0.15, 0.2) is 6.10 Å². The molecule has 0 saturated carbocycles. The highest BCUT2D eigenvalue weighted by Gasteiger charge is 2.35. The van der Waals surface area contributed by atoms with Crippen molar-refractivity contribution in [1.82, 2.24) is 15.5 Å². The molecule has 1 aromatic rings. The Balaban J connectivity index is 1.46. The van der Waals surface area contributed by atoms with E-state index in [4.69, 9.17) is 18.9 Å². The summed E-state index contributed by atoms with van der Waals surface area (Å²) in [6.45, 7) is 11.1. The molecular formula is C38H54N4O13. The topological polar surface area (TPSA) is 236 Å². The minimum atomic E-state index is -1.27. The molecule has 0 radical (unpaired) electrons. The molecular weight excluding hydrogens is 720 g/mol. The van der Waals surface area contributed by atoms with E-state index in [0.717, 1.165) is 4.90 Å². The number of carboxylic acid groups (broad SMARTS) is 1. The van der Waals surface area contributed by atoms with Crippen molar-refractivity contribution in [2.24, 2.45) is 11.3 Å². The van der Waals surface area contributed by atoms with Gasteiger partial charge in [-0.05, 0) is 44.4 Å². The molecule has 0 bridgehead atoms. The average molecular weight is 775 g/mol. The molecule has 3 rings (SSSR count). The van der Waals surface area contributed by atoms with E-state index in [0.29, 0.717) is 24.9 Å². The molecule has 17 nitrogen and oxygen atoms in total. The van der Waals surface area contributed by atoms with Crippen LogP contribution in [-0.4, -0.2) is 107 Å². The summed E-state index contributed by atoms with van der Waals surface area (Å²) in [7, 11) is 0. The van der Waals surface area contributed by atoms with Crippen LogP contribution in [0.3, 0.4) is 0 Å². The number of aliphatic hydroxyl groups is 1. The number of amides is 5. The van der Waals surface area contributed by atoms with Crippen LogP contribution in [0.1, 0.15) is 85.6 Å². The number of nitrogens with zero attached hydrogens (tertiary/aromatic N) is 1. The first-order valence-corrected chi connectivity index (χ1v) is 18.3. The molecule has 2 aliphatic heterocycles. The van der Waals surface area contributed by atoms with Gasteiger partial charge in [-0.3, -0.25) is 33.7 Å². The van der Waals surface area contributed by atoms with E-state index in [1.807, 2.05) is 13.8 Å². The molecule has 304 valence electrons. The van der Waals surface area contributed by atoms with Crippen LogP contribution in [0.5, 0.6) is 5.75 Å². The van der Waals surface area contributed by atoms with Crippen LogP contribution < -0.4 is 20.7 Å². The van der Waals surface area contributed by atoms with Crippen molar-refractivity contribution in [2.45, 2.75) is 111 Å². The number of ether oxygens (including phenoxy) is 4. The maximum atomic E-state index is 13.1. The maximum absolute atomic E-state index is 13.1. The lowest BCUT2D eigenvalue weighted by atomic mass is 9.88. The lowest BCUT2D eigenvalue weighted by Gasteiger charge is -2.31. The van der Waals surface area contributed by atoms with Crippen molar-refractivity contribution in [3.63, 3.8) is 0 Å². The van der Waals surface area contributed by atoms with Crippen molar-refractivity contribution >= 4 is 47.2 Å². The first-order chi connectivity index (χ1) is 25.8. The maximum Gasteiger partial charge on any atom is 0.333 e. The summed E-state index contributed by atoms with van der Waals surface area (Å²) in [4.78, 5) is 86.1. The van der Waals surface area contributed by atoms with Gasteiger partial charge in [-0.25, -0.2) is 4.79 Å². The summed E-state index contributed by atoms with van der Waals surface area (Å²) in [5.74, 6) is -3.80. The Morgan fingerprint density at radius 3 is 2.29 bits per heavy atom. The molecule has 55 heavy (non-hydrogen) atoms. The Bertz CT molecular complexity index is 1590. The van der Waals surface area contributed by atoms with E-state index in [9.17, 15) is 43.8 Å². The second kappa shape index (κ2) is 20.2. The van der Waals surface area contributed by atoms with Crippen LogP contribution in [0.25, 0.3) is 0 Å². The second-order valence-corrected chi connectivity index (χ2v) is 15.0. The van der Waals surface area contributed by atoms with Crippen LogP contribution in [0.2, 0.25) is 0 Å². The average Bonchev–Trinajstić information content (AvgIpc) is 3.42. The van der Waals surface area contributed by atoms with Crippen LogP contribution >= 0.6 is 0 Å². The van der Waals surface area contributed by atoms with Gasteiger partial charge >= 0.3 is 11.9 Å². The minimum absolute atomic E-state index is 0.000595. The predicted octanol–water partition coefficient (Wildman–Crippen LogP) is 2.19. The highest BCUT2D eigenvalue weighted by Crippen LogP contribution is 2.31. The zero-order chi connectivity index (χ0) is 40.9. The van der Waals surface area contributed by atoms with Crippen LogP contribution in [0, 0.1) is 11.3 Å². The number of imide groups is 1. The van der Waals surface area contributed by atoms with Crippen molar-refractivity contribution in [2.75, 3.05) is 31.6 Å². The normalized spacial score (nSPS) is 18.6. The fourth-order valence-corrected chi connectivity index (χ4v) is 5.39. The summed E-state index contributed by atoms with van der Waals surface area (Å²) in [5.41, 5.74) is -0.740. The highest BCUT2D eigenvalue weighted by molar-refractivity contribution is 6.13. The molecule has 2 heterocycles. The molecule has 1 fully saturated rings. The largest absolute Gasteiger partial charge is 0.479 e. The number of hydrogen-bond acceptors (Lipinski definition) is 12. The first-order valence-electron chi connectivity index (χ1n) is 18.3. The van der Waals surface area contributed by atoms with E-state index < -0.39 is 59.2 Å². The molecule has 0 aliphatic carbocycles. The molecule has 1 saturated heterocycles. The Morgan fingerprint density at radius 2 is 1.64 bits per heavy atom. The zero-order valence-corrected chi connectivity index (χ0v) is 32.3. The lowest BCUT2D eigenvalue weighted by molar-refractivity contribution is -0.195. The monoisotopic (exact) mass is 774 g/mol. The van der Waals surface area contributed by atoms with E-state index in [1.165, 1.54) is 18.2 Å². The van der Waals surface area contributed by atoms with Crippen molar-refractivity contribution in [3.05, 3.63) is 35.9 Å². The Morgan fingerprint density at radius 1 is 0.945 bits per heavy atom. The number of esters is 1. The van der Waals surface area contributed by atoms with Gasteiger partial charge in [0.2, 0.25) is 24.0 Å². The van der Waals surface area contributed by atoms with Gasteiger partial charge in [-0.15, -0.1) is 0 Å². The lowest BCUT2D eigenvalue weighted by Crippen LogP contribution is -2.42. The standard InChI is InChI=1S/C38H54N4O13/c1-23(2)35(50)52-22-24-7-8-27(54-33-21-25(43)20-28(55-33)34(48)49)26(19-24)41-30(45)11-15-40-36(51)37(3,4)14-18-53-38(5,6)13-16-39-29(44)12-17-42-31(46)9-10-32(42)47/h7-10,19,23,25,28,33,43H,11-18,20-22H2,1-6H3,(H,39,44)(H,40,51)(H,41,45)(H,48,49). The molecule has 0 spiro atoms. The highest BCUT2D eigenvalue weighted by atomic mass is 16.7. The number of nitrogens with one attached hydrogen (secondary N) is 3. The van der Waals surface area contributed by atoms with Gasteiger partial charge in [0.1, 0.15) is 12.4 Å². The molecule has 5 amide bonds. The molecule has 17 heteroatoms. The second-order valence-electron chi connectivity index (χ2n) is 15.0. The third kappa shape index (κ3) is 14.7. The number of aliphatic hydroxyl groups excluding tert-OH is 1. The van der Waals surface area contributed by atoms with Gasteiger partial charge in [0.05, 0.1) is 23.3 Å². The van der Waals surface area contributed by atoms with Crippen molar-refractivity contribution in [1.29, 1.82) is 0 Å². The smallest absolute Gasteiger partial charge is 0.333 e. The summed E-state index contributed by atoms with van der Waals surface area (Å²) in [6, 6.07) is 4.68. The number of aliphatic carboxylic acids is 1. The Labute approximate surface area is 320 Å².